The number of nitrogens with two attached hydrogens (primary N) is 1. The van der Waals surface area contributed by atoms with E-state index in [2.05, 4.69) is 10.6 Å². The highest BCUT2D eigenvalue weighted by atomic mass is 19.1. The van der Waals surface area contributed by atoms with E-state index in [1.165, 1.54) is 12.1 Å². The predicted octanol–water partition coefficient (Wildman–Crippen LogP) is 6.78. The lowest BCUT2D eigenvalue weighted by molar-refractivity contribution is 0.0946. The van der Waals surface area contributed by atoms with Gasteiger partial charge in [-0.1, -0.05) is 50.2 Å². The number of carbonyl (C=O) groups excluding carboxylic acids is 2. The van der Waals surface area contributed by atoms with Gasteiger partial charge in [-0.05, 0) is 82.3 Å². The standard InChI is InChI=1S/C34H32FN3O3/c1-20(2)19-38-33(39)28-16-23(9-13-27(28)25-6-4-5-21(15-25)18-36)24-10-14-30-29(17-24)31(34(40)37-3)32(41-30)22-7-11-26(35)12-8-22/h4-17,20H,18-19,36H2,1-3H3,(H,37,40)(H,38,39). The van der Waals surface area contributed by atoms with Gasteiger partial charge in [-0.2, -0.15) is 0 Å². The van der Waals surface area contributed by atoms with E-state index in [1.54, 1.807) is 25.2 Å². The highest BCUT2D eigenvalue weighted by molar-refractivity contribution is 6.12. The van der Waals surface area contributed by atoms with Crippen molar-refractivity contribution in [3.63, 3.8) is 0 Å². The number of furan rings is 1. The second-order valence-corrected chi connectivity index (χ2v) is 10.4. The summed E-state index contributed by atoms with van der Waals surface area (Å²) in [4.78, 5) is 26.4. The molecule has 4 N–H and O–H groups in total. The summed E-state index contributed by atoms with van der Waals surface area (Å²) in [5.74, 6) is -0.194. The summed E-state index contributed by atoms with van der Waals surface area (Å²) in [6.07, 6.45) is 0. The maximum absolute atomic E-state index is 13.6. The van der Waals surface area contributed by atoms with Gasteiger partial charge in [0, 0.05) is 36.7 Å². The summed E-state index contributed by atoms with van der Waals surface area (Å²) >= 11 is 0. The Kier molecular flexibility index (Phi) is 7.99. The average Bonchev–Trinajstić information content (AvgIpc) is 3.38. The average molecular weight is 550 g/mol. The van der Waals surface area contributed by atoms with Crippen LogP contribution in [0.15, 0.2) is 89.3 Å². The third-order valence-electron chi connectivity index (χ3n) is 6.99. The number of rotatable bonds is 8. The smallest absolute Gasteiger partial charge is 0.255 e. The molecule has 1 aromatic heterocycles. The van der Waals surface area contributed by atoms with Crippen molar-refractivity contribution in [1.82, 2.24) is 10.6 Å². The van der Waals surface area contributed by atoms with Crippen LogP contribution < -0.4 is 16.4 Å². The van der Waals surface area contributed by atoms with Gasteiger partial charge in [0.2, 0.25) is 0 Å². The number of carbonyl (C=O) groups is 2. The van der Waals surface area contributed by atoms with E-state index in [4.69, 9.17) is 10.2 Å². The molecule has 0 radical (unpaired) electrons. The van der Waals surface area contributed by atoms with Crippen molar-refractivity contribution in [1.29, 1.82) is 0 Å². The number of fused-ring (bicyclic) bond motifs is 1. The first-order valence-corrected chi connectivity index (χ1v) is 13.6. The van der Waals surface area contributed by atoms with Crippen LogP contribution >= 0.6 is 0 Å². The summed E-state index contributed by atoms with van der Waals surface area (Å²) in [5.41, 5.74) is 12.2. The first-order valence-electron chi connectivity index (χ1n) is 13.6. The second kappa shape index (κ2) is 11.8. The summed E-state index contributed by atoms with van der Waals surface area (Å²) in [6.45, 7) is 5.05. The molecule has 6 nitrogen and oxygen atoms in total. The van der Waals surface area contributed by atoms with Crippen LogP contribution in [0.1, 0.15) is 40.1 Å². The first-order chi connectivity index (χ1) is 19.8. The zero-order chi connectivity index (χ0) is 29.1. The highest BCUT2D eigenvalue weighted by Gasteiger charge is 2.22. The quantitative estimate of drug-likeness (QED) is 0.199. The topological polar surface area (TPSA) is 97.4 Å². The maximum Gasteiger partial charge on any atom is 0.255 e. The van der Waals surface area contributed by atoms with Gasteiger partial charge in [-0.3, -0.25) is 9.59 Å². The van der Waals surface area contributed by atoms with Gasteiger partial charge in [0.1, 0.15) is 17.2 Å². The van der Waals surface area contributed by atoms with E-state index in [0.717, 1.165) is 27.8 Å². The molecule has 0 saturated heterocycles. The summed E-state index contributed by atoms with van der Waals surface area (Å²) in [7, 11) is 1.56. The van der Waals surface area contributed by atoms with Crippen molar-refractivity contribution in [2.24, 2.45) is 11.7 Å². The van der Waals surface area contributed by atoms with Gasteiger partial charge < -0.3 is 20.8 Å². The van der Waals surface area contributed by atoms with Crippen molar-refractivity contribution >= 4 is 22.8 Å². The molecule has 0 atom stereocenters. The van der Waals surface area contributed by atoms with E-state index in [1.807, 2.05) is 68.4 Å². The van der Waals surface area contributed by atoms with Gasteiger partial charge >= 0.3 is 0 Å². The van der Waals surface area contributed by atoms with Crippen LogP contribution in [0, 0.1) is 11.7 Å². The number of halogens is 1. The normalized spacial score (nSPS) is 11.2. The van der Waals surface area contributed by atoms with Crippen LogP contribution in [0.2, 0.25) is 0 Å². The molecule has 0 unspecified atom stereocenters. The zero-order valence-corrected chi connectivity index (χ0v) is 23.3. The van der Waals surface area contributed by atoms with E-state index in [0.29, 0.717) is 52.4 Å². The molecule has 0 aliphatic heterocycles. The molecule has 0 bridgehead atoms. The van der Waals surface area contributed by atoms with Crippen LogP contribution in [-0.2, 0) is 6.54 Å². The number of amides is 2. The third kappa shape index (κ3) is 5.76. The summed E-state index contributed by atoms with van der Waals surface area (Å²) in [6, 6.07) is 25.1. The van der Waals surface area contributed by atoms with Gasteiger partial charge in [-0.25, -0.2) is 4.39 Å². The Bertz CT molecular complexity index is 1740. The van der Waals surface area contributed by atoms with Crippen LogP contribution in [0.25, 0.3) is 44.5 Å². The lowest BCUT2D eigenvalue weighted by Crippen LogP contribution is -2.27. The molecule has 0 spiro atoms. The molecule has 41 heavy (non-hydrogen) atoms. The summed E-state index contributed by atoms with van der Waals surface area (Å²) < 4.78 is 19.7. The molecular formula is C34H32FN3O3. The fraction of sp³-hybridized carbons (Fsp3) is 0.176. The fourth-order valence-corrected chi connectivity index (χ4v) is 4.85. The van der Waals surface area contributed by atoms with Crippen molar-refractivity contribution in [2.45, 2.75) is 20.4 Å². The molecule has 7 heteroatoms. The van der Waals surface area contributed by atoms with Crippen molar-refractivity contribution in [2.75, 3.05) is 13.6 Å². The van der Waals surface area contributed by atoms with Crippen molar-refractivity contribution in [3.8, 4) is 33.6 Å². The lowest BCUT2D eigenvalue weighted by atomic mass is 9.93. The van der Waals surface area contributed by atoms with Gasteiger partial charge in [-0.15, -0.1) is 0 Å². The maximum atomic E-state index is 13.6. The van der Waals surface area contributed by atoms with Gasteiger partial charge in [0.25, 0.3) is 11.8 Å². The Labute approximate surface area is 238 Å². The Morgan fingerprint density at radius 2 is 1.56 bits per heavy atom. The van der Waals surface area contributed by atoms with Crippen molar-refractivity contribution in [3.05, 3.63) is 107 Å². The number of hydrogen-bond donors (Lipinski definition) is 3. The molecule has 0 aliphatic rings. The molecule has 208 valence electrons. The van der Waals surface area contributed by atoms with Crippen molar-refractivity contribution < 1.29 is 18.4 Å². The molecular weight excluding hydrogens is 517 g/mol. The van der Waals surface area contributed by atoms with E-state index >= 15 is 0 Å². The minimum Gasteiger partial charge on any atom is -0.455 e. The molecule has 5 aromatic rings. The largest absolute Gasteiger partial charge is 0.455 e. The van der Waals surface area contributed by atoms with Gasteiger partial charge in [0.05, 0.1) is 5.56 Å². The molecule has 2 amide bonds. The Hall–Kier alpha value is -4.75. The predicted molar refractivity (Wildman–Crippen MR) is 161 cm³/mol. The molecule has 0 fully saturated rings. The fourth-order valence-electron chi connectivity index (χ4n) is 4.85. The van der Waals surface area contributed by atoms with Crippen LogP contribution in [0.4, 0.5) is 4.39 Å². The minimum absolute atomic E-state index is 0.164. The molecule has 5 rings (SSSR count). The van der Waals surface area contributed by atoms with Crippen LogP contribution in [0.5, 0.6) is 0 Å². The Morgan fingerprint density at radius 1 is 0.854 bits per heavy atom. The van der Waals surface area contributed by atoms with Crippen LogP contribution in [-0.4, -0.2) is 25.4 Å². The SMILES string of the molecule is CNC(=O)c1c(-c2ccc(F)cc2)oc2ccc(-c3ccc(-c4cccc(CN)c4)c(C(=O)NCC(C)C)c3)cc12. The monoisotopic (exact) mass is 549 g/mol. The second-order valence-electron chi connectivity index (χ2n) is 10.4. The van der Waals surface area contributed by atoms with E-state index in [9.17, 15) is 14.0 Å². The van der Waals surface area contributed by atoms with E-state index < -0.39 is 0 Å². The molecule has 1 heterocycles. The van der Waals surface area contributed by atoms with Crippen LogP contribution in [0.3, 0.4) is 0 Å². The Morgan fingerprint density at radius 3 is 2.27 bits per heavy atom. The Balaban J connectivity index is 1.64. The molecule has 4 aromatic carbocycles. The van der Waals surface area contributed by atoms with E-state index in [-0.39, 0.29) is 17.6 Å². The zero-order valence-electron chi connectivity index (χ0n) is 23.3. The molecule has 0 aliphatic carbocycles. The highest BCUT2D eigenvalue weighted by Crippen LogP contribution is 2.37. The third-order valence-corrected chi connectivity index (χ3v) is 6.99. The molecule has 0 saturated carbocycles. The minimum atomic E-state index is -0.375. The summed E-state index contributed by atoms with van der Waals surface area (Å²) in [5, 5.41) is 6.35. The lowest BCUT2D eigenvalue weighted by Gasteiger charge is -2.15. The van der Waals surface area contributed by atoms with Gasteiger partial charge in [0.15, 0.2) is 0 Å². The number of nitrogens with one attached hydrogen (secondary N) is 2. The first kappa shape index (κ1) is 27.8. The number of benzene rings is 4. The number of hydrogen-bond acceptors (Lipinski definition) is 4.